The highest BCUT2D eigenvalue weighted by molar-refractivity contribution is 14.1. The third kappa shape index (κ3) is 3.79. The minimum absolute atomic E-state index is 0.103. The summed E-state index contributed by atoms with van der Waals surface area (Å²) in [5.74, 6) is -2.25. The summed E-state index contributed by atoms with van der Waals surface area (Å²) in [6.07, 6.45) is 0.863. The smallest absolute Gasteiger partial charge is 0.187 e. The summed E-state index contributed by atoms with van der Waals surface area (Å²) >= 11 is 2.30. The van der Waals surface area contributed by atoms with Gasteiger partial charge < -0.3 is 5.11 Å². The second kappa shape index (κ2) is 5.98. The minimum atomic E-state index is -0.890. The second-order valence-electron chi connectivity index (χ2n) is 4.70. The summed E-state index contributed by atoms with van der Waals surface area (Å²) < 4.78 is 27.0. The molecule has 4 heteroatoms. The number of aromatic hydroxyl groups is 1. The fourth-order valence-electron chi connectivity index (χ4n) is 1.94. The van der Waals surface area contributed by atoms with Crippen molar-refractivity contribution in [1.82, 2.24) is 0 Å². The van der Waals surface area contributed by atoms with Gasteiger partial charge in [0.2, 0.25) is 0 Å². The Balaban J connectivity index is 3.10. The van der Waals surface area contributed by atoms with Gasteiger partial charge in [-0.1, -0.05) is 43.4 Å². The fraction of sp³-hybridized carbons (Fsp3) is 0.538. The average molecular weight is 354 g/mol. The molecule has 2 unspecified atom stereocenters. The molecule has 0 aliphatic carbocycles. The van der Waals surface area contributed by atoms with Crippen LogP contribution in [-0.4, -0.2) is 9.03 Å². The Labute approximate surface area is 114 Å². The van der Waals surface area contributed by atoms with E-state index >= 15 is 0 Å². The molecule has 1 nitrogen and oxygen atoms in total. The Bertz CT molecular complexity index is 368. The first kappa shape index (κ1) is 14.7. The normalized spacial score (nSPS) is 15.0. The summed E-state index contributed by atoms with van der Waals surface area (Å²) in [5.41, 5.74) is 0.622. The van der Waals surface area contributed by atoms with Crippen molar-refractivity contribution in [3.63, 3.8) is 0 Å². The maximum atomic E-state index is 13.3. The van der Waals surface area contributed by atoms with E-state index in [0.717, 1.165) is 6.42 Å². The van der Waals surface area contributed by atoms with Gasteiger partial charge in [0.25, 0.3) is 0 Å². The van der Waals surface area contributed by atoms with Crippen molar-refractivity contribution in [2.75, 3.05) is 0 Å². The number of rotatable bonds is 4. The van der Waals surface area contributed by atoms with Gasteiger partial charge in [-0.25, -0.2) is 8.78 Å². The summed E-state index contributed by atoms with van der Waals surface area (Å²) in [4.78, 5) is 0. The van der Waals surface area contributed by atoms with Gasteiger partial charge in [-0.3, -0.25) is 0 Å². The molecule has 0 saturated carbocycles. The van der Waals surface area contributed by atoms with E-state index in [0.29, 0.717) is 15.4 Å². The van der Waals surface area contributed by atoms with E-state index < -0.39 is 17.4 Å². The van der Waals surface area contributed by atoms with Crippen molar-refractivity contribution in [3.8, 4) is 5.75 Å². The summed E-state index contributed by atoms with van der Waals surface area (Å²) in [6, 6.07) is 2.48. The molecule has 1 N–H and O–H groups in total. The molecule has 17 heavy (non-hydrogen) atoms. The maximum Gasteiger partial charge on any atom is 0.187 e. The van der Waals surface area contributed by atoms with Crippen molar-refractivity contribution in [2.24, 2.45) is 5.92 Å². The number of hydrogen-bond donors (Lipinski definition) is 1. The number of hydrogen-bond acceptors (Lipinski definition) is 1. The monoisotopic (exact) mass is 354 g/mol. The van der Waals surface area contributed by atoms with Crippen LogP contribution in [0.25, 0.3) is 0 Å². The van der Waals surface area contributed by atoms with E-state index in [2.05, 4.69) is 29.5 Å². The summed E-state index contributed by atoms with van der Waals surface area (Å²) in [6.45, 7) is 6.14. The first-order valence-electron chi connectivity index (χ1n) is 5.65. The first-order valence-corrected chi connectivity index (χ1v) is 6.89. The van der Waals surface area contributed by atoms with Crippen molar-refractivity contribution >= 4 is 22.6 Å². The van der Waals surface area contributed by atoms with Gasteiger partial charge in [-0.2, -0.15) is 0 Å². The van der Waals surface area contributed by atoms with Gasteiger partial charge in [0.15, 0.2) is 17.4 Å². The predicted octanol–water partition coefficient (Wildman–Crippen LogP) is 4.62. The Morgan fingerprint density at radius 1 is 1.18 bits per heavy atom. The highest BCUT2D eigenvalue weighted by Gasteiger charge is 2.21. The summed E-state index contributed by atoms with van der Waals surface area (Å²) in [5, 5.41) is 9.08. The molecule has 96 valence electrons. The number of halogens is 3. The molecule has 1 aromatic rings. The van der Waals surface area contributed by atoms with E-state index in [9.17, 15) is 8.78 Å². The molecule has 0 aromatic heterocycles. The minimum Gasteiger partial charge on any atom is -0.503 e. The largest absolute Gasteiger partial charge is 0.503 e. The van der Waals surface area contributed by atoms with Crippen LogP contribution >= 0.6 is 22.6 Å². The molecule has 1 aromatic carbocycles. The van der Waals surface area contributed by atoms with E-state index in [1.54, 1.807) is 0 Å². The Kier molecular flexibility index (Phi) is 5.16. The molecule has 0 aliphatic heterocycles. The number of phenols is 1. The van der Waals surface area contributed by atoms with Crippen molar-refractivity contribution < 1.29 is 13.9 Å². The molecule has 0 heterocycles. The number of alkyl halides is 1. The van der Waals surface area contributed by atoms with Crippen LogP contribution in [0.4, 0.5) is 8.78 Å². The lowest BCUT2D eigenvalue weighted by atomic mass is 9.85. The van der Waals surface area contributed by atoms with E-state index in [1.807, 2.05) is 13.8 Å². The van der Waals surface area contributed by atoms with E-state index in [-0.39, 0.29) is 5.92 Å². The molecule has 2 atom stereocenters. The second-order valence-corrected chi connectivity index (χ2v) is 6.83. The van der Waals surface area contributed by atoms with Crippen molar-refractivity contribution in [3.05, 3.63) is 29.3 Å². The summed E-state index contributed by atoms with van der Waals surface area (Å²) in [7, 11) is 0. The molecule has 0 fully saturated rings. The van der Waals surface area contributed by atoms with Crippen molar-refractivity contribution in [2.45, 2.75) is 37.0 Å². The number of benzene rings is 1. The van der Waals surface area contributed by atoms with Crippen LogP contribution in [0.1, 0.15) is 38.7 Å². The van der Waals surface area contributed by atoms with Crippen LogP contribution in [-0.2, 0) is 0 Å². The molecular weight excluding hydrogens is 337 g/mol. The van der Waals surface area contributed by atoms with Crippen LogP contribution in [0.5, 0.6) is 5.75 Å². The number of phenolic OH excluding ortho intramolecular Hbond substituents is 1. The maximum absolute atomic E-state index is 13.3. The Morgan fingerprint density at radius 2 is 1.65 bits per heavy atom. The van der Waals surface area contributed by atoms with Crippen LogP contribution in [0, 0.1) is 17.6 Å². The SMILES string of the molecule is CC(I)CC(c1cc(F)c(O)c(F)c1)C(C)C. The van der Waals surface area contributed by atoms with Gasteiger partial charge in [0.1, 0.15) is 0 Å². The molecule has 0 aliphatic rings. The molecular formula is C13H17F2IO. The highest BCUT2D eigenvalue weighted by atomic mass is 127. The third-order valence-electron chi connectivity index (χ3n) is 2.85. The highest BCUT2D eigenvalue weighted by Crippen LogP contribution is 2.34. The van der Waals surface area contributed by atoms with Gasteiger partial charge in [0, 0.05) is 3.92 Å². The molecule has 0 radical (unpaired) electrons. The van der Waals surface area contributed by atoms with E-state index in [1.165, 1.54) is 12.1 Å². The fourth-order valence-corrected chi connectivity index (χ4v) is 2.49. The molecule has 0 bridgehead atoms. The van der Waals surface area contributed by atoms with Crippen LogP contribution in [0.2, 0.25) is 0 Å². The van der Waals surface area contributed by atoms with Crippen LogP contribution in [0.15, 0.2) is 12.1 Å². The topological polar surface area (TPSA) is 20.2 Å². The van der Waals surface area contributed by atoms with Gasteiger partial charge in [-0.15, -0.1) is 0 Å². The molecule has 0 saturated heterocycles. The van der Waals surface area contributed by atoms with Crippen LogP contribution in [0.3, 0.4) is 0 Å². The lowest BCUT2D eigenvalue weighted by Crippen LogP contribution is -2.11. The average Bonchev–Trinajstić information content (AvgIpc) is 2.21. The lowest BCUT2D eigenvalue weighted by molar-refractivity contribution is 0.391. The Morgan fingerprint density at radius 3 is 2.00 bits per heavy atom. The first-order chi connectivity index (χ1) is 7.82. The Hall–Kier alpha value is -0.390. The molecule has 1 rings (SSSR count). The van der Waals surface area contributed by atoms with E-state index in [4.69, 9.17) is 5.11 Å². The zero-order chi connectivity index (χ0) is 13.2. The van der Waals surface area contributed by atoms with Crippen molar-refractivity contribution in [1.29, 1.82) is 0 Å². The molecule has 0 spiro atoms. The quantitative estimate of drug-likeness (QED) is 0.618. The predicted molar refractivity (Wildman–Crippen MR) is 73.7 cm³/mol. The lowest BCUT2D eigenvalue weighted by Gasteiger charge is -2.23. The zero-order valence-electron chi connectivity index (χ0n) is 10.2. The van der Waals surface area contributed by atoms with Gasteiger partial charge in [-0.05, 0) is 36.0 Å². The standard InChI is InChI=1S/C13H17F2IO/c1-7(2)10(4-8(3)16)9-5-11(14)13(17)12(15)6-9/h5-8,10,17H,4H2,1-3H3. The van der Waals surface area contributed by atoms with Gasteiger partial charge in [0.05, 0.1) is 0 Å². The molecule has 0 amide bonds. The van der Waals surface area contributed by atoms with Crippen LogP contribution < -0.4 is 0 Å². The zero-order valence-corrected chi connectivity index (χ0v) is 12.3. The van der Waals surface area contributed by atoms with Gasteiger partial charge >= 0.3 is 0 Å². The third-order valence-corrected chi connectivity index (χ3v) is 3.36.